The van der Waals surface area contributed by atoms with Gasteiger partial charge in [-0.15, -0.1) is 0 Å². The van der Waals surface area contributed by atoms with Gasteiger partial charge in [-0.05, 0) is 12.1 Å². The molecule has 0 fully saturated rings. The lowest BCUT2D eigenvalue weighted by molar-refractivity contribution is 0.507. The Morgan fingerprint density at radius 1 is 1.53 bits per heavy atom. The van der Waals surface area contributed by atoms with Gasteiger partial charge in [-0.1, -0.05) is 0 Å². The second-order valence-corrected chi connectivity index (χ2v) is 4.19. The number of rotatable bonds is 4. The Kier molecular flexibility index (Phi) is 2.81. The Morgan fingerprint density at radius 3 is 3.16 bits per heavy atom. The van der Waals surface area contributed by atoms with Crippen LogP contribution in [-0.2, 0) is 6.54 Å². The number of fused-ring (bicyclic) bond motifs is 1. The van der Waals surface area contributed by atoms with Crippen LogP contribution in [0.1, 0.15) is 5.76 Å². The second kappa shape index (κ2) is 4.62. The highest BCUT2D eigenvalue weighted by molar-refractivity contribution is 5.66. The van der Waals surface area contributed by atoms with E-state index in [1.54, 1.807) is 18.7 Å². The number of hydrogen-bond donors (Lipinski definition) is 2. The smallest absolute Gasteiger partial charge is 0.180 e. The molecule has 3 aromatic rings. The van der Waals surface area contributed by atoms with Crippen LogP contribution in [0.3, 0.4) is 0 Å². The highest BCUT2D eigenvalue weighted by Gasteiger charge is 2.12. The van der Waals surface area contributed by atoms with E-state index in [4.69, 9.17) is 10.3 Å². The van der Waals surface area contributed by atoms with Crippen LogP contribution in [0.15, 0.2) is 41.4 Å². The zero-order valence-electron chi connectivity index (χ0n) is 10.4. The lowest BCUT2D eigenvalue weighted by Gasteiger charge is -2.18. The van der Waals surface area contributed by atoms with E-state index in [0.29, 0.717) is 12.4 Å². The number of aromatic nitrogens is 3. The summed E-state index contributed by atoms with van der Waals surface area (Å²) in [6, 6.07) is 3.78. The van der Waals surface area contributed by atoms with Crippen molar-refractivity contribution in [2.45, 2.75) is 6.54 Å². The van der Waals surface area contributed by atoms with Crippen LogP contribution >= 0.6 is 0 Å². The molecule has 0 aromatic carbocycles. The van der Waals surface area contributed by atoms with Crippen molar-refractivity contribution < 1.29 is 4.42 Å². The number of hydrazine groups is 1. The number of furan rings is 1. The highest BCUT2D eigenvalue weighted by atomic mass is 16.3. The SMILES string of the molecule is CN(Cc1ccco1)c1nc(NN)cn2ccnc12. The Morgan fingerprint density at radius 2 is 2.42 bits per heavy atom. The van der Waals surface area contributed by atoms with Crippen molar-refractivity contribution in [3.8, 4) is 0 Å². The quantitative estimate of drug-likeness (QED) is 0.541. The summed E-state index contributed by atoms with van der Waals surface area (Å²) in [7, 11) is 1.93. The second-order valence-electron chi connectivity index (χ2n) is 4.19. The fourth-order valence-electron chi connectivity index (χ4n) is 1.95. The predicted molar refractivity (Wildman–Crippen MR) is 71.6 cm³/mol. The van der Waals surface area contributed by atoms with Crippen molar-refractivity contribution in [1.29, 1.82) is 0 Å². The molecule has 3 N–H and O–H groups in total. The molecule has 0 aliphatic rings. The molecule has 3 aromatic heterocycles. The zero-order chi connectivity index (χ0) is 13.2. The average molecular weight is 258 g/mol. The molecule has 0 radical (unpaired) electrons. The highest BCUT2D eigenvalue weighted by Crippen LogP contribution is 2.20. The van der Waals surface area contributed by atoms with Crippen LogP contribution in [0, 0.1) is 0 Å². The molecule has 0 aliphatic carbocycles. The number of nitrogens with one attached hydrogen (secondary N) is 1. The van der Waals surface area contributed by atoms with Gasteiger partial charge in [-0.25, -0.2) is 15.8 Å². The summed E-state index contributed by atoms with van der Waals surface area (Å²) < 4.78 is 7.21. The first kappa shape index (κ1) is 11.5. The van der Waals surface area contributed by atoms with Gasteiger partial charge in [0.1, 0.15) is 5.76 Å². The van der Waals surface area contributed by atoms with Gasteiger partial charge >= 0.3 is 0 Å². The standard InChI is InChI=1S/C12H14N6O/c1-17(7-9-3-2-6-19-9)12-11-14-4-5-18(11)8-10(15-12)16-13/h2-6,8,16H,7,13H2,1H3. The third-order valence-electron chi connectivity index (χ3n) is 2.84. The van der Waals surface area contributed by atoms with Gasteiger partial charge in [-0.3, -0.25) is 0 Å². The van der Waals surface area contributed by atoms with E-state index in [0.717, 1.165) is 17.2 Å². The molecule has 0 unspecified atom stereocenters. The molecular weight excluding hydrogens is 244 g/mol. The molecule has 7 heteroatoms. The van der Waals surface area contributed by atoms with Crippen molar-refractivity contribution in [1.82, 2.24) is 14.4 Å². The van der Waals surface area contributed by atoms with Gasteiger partial charge in [0.2, 0.25) is 0 Å². The Labute approximate surface area is 109 Å². The average Bonchev–Trinajstić information content (AvgIpc) is 3.07. The first-order valence-electron chi connectivity index (χ1n) is 5.82. The molecular formula is C12H14N6O. The van der Waals surface area contributed by atoms with Crippen molar-refractivity contribution in [3.63, 3.8) is 0 Å². The molecule has 98 valence electrons. The normalized spacial score (nSPS) is 10.8. The Hall–Kier alpha value is -2.54. The third-order valence-corrected chi connectivity index (χ3v) is 2.84. The maximum absolute atomic E-state index is 5.43. The first-order valence-corrected chi connectivity index (χ1v) is 5.82. The molecule has 0 spiro atoms. The predicted octanol–water partition coefficient (Wildman–Crippen LogP) is 1.24. The van der Waals surface area contributed by atoms with E-state index in [1.807, 2.05) is 34.7 Å². The van der Waals surface area contributed by atoms with Gasteiger partial charge in [0.15, 0.2) is 17.3 Å². The van der Waals surface area contributed by atoms with Crippen LogP contribution < -0.4 is 16.2 Å². The summed E-state index contributed by atoms with van der Waals surface area (Å²) in [6.45, 7) is 0.608. The summed E-state index contributed by atoms with van der Waals surface area (Å²) in [5.41, 5.74) is 3.32. The molecule has 0 saturated heterocycles. The van der Waals surface area contributed by atoms with Crippen LogP contribution in [-0.4, -0.2) is 21.4 Å². The number of hydrogen-bond acceptors (Lipinski definition) is 6. The van der Waals surface area contributed by atoms with E-state index < -0.39 is 0 Å². The van der Waals surface area contributed by atoms with Gasteiger partial charge in [0.05, 0.1) is 19.0 Å². The van der Waals surface area contributed by atoms with Crippen LogP contribution in [0.4, 0.5) is 11.6 Å². The lowest BCUT2D eigenvalue weighted by atomic mass is 10.4. The van der Waals surface area contributed by atoms with Crippen molar-refractivity contribution in [2.75, 3.05) is 17.4 Å². The minimum atomic E-state index is 0.576. The summed E-state index contributed by atoms with van der Waals surface area (Å²) >= 11 is 0. The largest absolute Gasteiger partial charge is 0.467 e. The summed E-state index contributed by atoms with van der Waals surface area (Å²) in [4.78, 5) is 10.7. The van der Waals surface area contributed by atoms with E-state index in [2.05, 4.69) is 15.4 Å². The summed E-state index contributed by atoms with van der Waals surface area (Å²) in [5.74, 6) is 7.60. The fourth-order valence-corrected chi connectivity index (χ4v) is 1.95. The topological polar surface area (TPSA) is 84.6 Å². The van der Waals surface area contributed by atoms with E-state index in [-0.39, 0.29) is 0 Å². The van der Waals surface area contributed by atoms with Crippen LogP contribution in [0.25, 0.3) is 5.65 Å². The minimum Gasteiger partial charge on any atom is -0.467 e. The number of nitrogens with two attached hydrogens (primary N) is 1. The minimum absolute atomic E-state index is 0.576. The molecule has 7 nitrogen and oxygen atoms in total. The van der Waals surface area contributed by atoms with E-state index >= 15 is 0 Å². The molecule has 0 atom stereocenters. The molecule has 3 rings (SSSR count). The Balaban J connectivity index is 2.00. The summed E-state index contributed by atoms with van der Waals surface area (Å²) in [6.07, 6.45) is 7.01. The molecule has 0 bridgehead atoms. The molecule has 3 heterocycles. The summed E-state index contributed by atoms with van der Waals surface area (Å²) in [5, 5.41) is 0. The van der Waals surface area contributed by atoms with Crippen molar-refractivity contribution in [2.24, 2.45) is 5.84 Å². The number of imidazole rings is 1. The number of anilines is 2. The molecule has 0 aliphatic heterocycles. The van der Waals surface area contributed by atoms with Crippen molar-refractivity contribution in [3.05, 3.63) is 42.7 Å². The van der Waals surface area contributed by atoms with Crippen molar-refractivity contribution >= 4 is 17.3 Å². The molecule has 0 amide bonds. The first-order chi connectivity index (χ1) is 9.28. The lowest BCUT2D eigenvalue weighted by Crippen LogP contribution is -2.20. The zero-order valence-corrected chi connectivity index (χ0v) is 10.4. The van der Waals surface area contributed by atoms with Crippen LogP contribution in [0.5, 0.6) is 0 Å². The van der Waals surface area contributed by atoms with Gasteiger partial charge in [0, 0.05) is 19.4 Å². The fraction of sp³-hybridized carbons (Fsp3) is 0.167. The van der Waals surface area contributed by atoms with Gasteiger partial charge in [0.25, 0.3) is 0 Å². The van der Waals surface area contributed by atoms with Gasteiger partial charge in [-0.2, -0.15) is 0 Å². The Bertz CT molecular complexity index is 675. The van der Waals surface area contributed by atoms with Gasteiger partial charge < -0.3 is 19.1 Å². The third kappa shape index (κ3) is 2.11. The molecule has 19 heavy (non-hydrogen) atoms. The van der Waals surface area contributed by atoms with Crippen LogP contribution in [0.2, 0.25) is 0 Å². The monoisotopic (exact) mass is 258 g/mol. The molecule has 0 saturated carbocycles. The van der Waals surface area contributed by atoms with E-state index in [1.165, 1.54) is 0 Å². The maximum atomic E-state index is 5.43. The number of nitrogens with zero attached hydrogens (tertiary/aromatic N) is 4. The number of nitrogen functional groups attached to an aromatic ring is 1. The maximum Gasteiger partial charge on any atom is 0.180 e. The van der Waals surface area contributed by atoms with E-state index in [9.17, 15) is 0 Å².